The number of hydrogen-bond acceptors (Lipinski definition) is 3. The van der Waals surface area contributed by atoms with Gasteiger partial charge in [-0.3, -0.25) is 0 Å². The van der Waals surface area contributed by atoms with Crippen LogP contribution in [0, 0.1) is 0 Å². The summed E-state index contributed by atoms with van der Waals surface area (Å²) in [6, 6.07) is 6.20. The first-order chi connectivity index (χ1) is 8.17. The Labute approximate surface area is 103 Å². The van der Waals surface area contributed by atoms with Crippen LogP contribution >= 0.6 is 0 Å². The lowest BCUT2D eigenvalue weighted by Gasteiger charge is -2.21. The Kier molecular flexibility index (Phi) is 3.69. The van der Waals surface area contributed by atoms with Gasteiger partial charge in [-0.05, 0) is 36.6 Å². The molecule has 0 spiro atoms. The summed E-state index contributed by atoms with van der Waals surface area (Å²) in [5.41, 5.74) is 1.83. The summed E-state index contributed by atoms with van der Waals surface area (Å²) in [5, 5.41) is 13.6. The third-order valence-electron chi connectivity index (χ3n) is 3.48. The summed E-state index contributed by atoms with van der Waals surface area (Å²) in [7, 11) is 1.70. The van der Waals surface area contributed by atoms with Gasteiger partial charge in [0.05, 0.1) is 12.7 Å². The highest BCUT2D eigenvalue weighted by Crippen LogP contribution is 2.25. The van der Waals surface area contributed by atoms with Gasteiger partial charge in [0, 0.05) is 13.0 Å². The van der Waals surface area contributed by atoms with Crippen LogP contribution in [0.4, 0.5) is 0 Å². The van der Waals surface area contributed by atoms with Crippen LogP contribution in [-0.2, 0) is 12.8 Å². The van der Waals surface area contributed by atoms with Crippen molar-refractivity contribution in [1.82, 2.24) is 5.32 Å². The Hall–Kier alpha value is -1.06. The lowest BCUT2D eigenvalue weighted by Crippen LogP contribution is -2.33. The first kappa shape index (κ1) is 12.4. The van der Waals surface area contributed by atoms with E-state index in [9.17, 15) is 5.11 Å². The molecule has 94 valence electrons. The summed E-state index contributed by atoms with van der Waals surface area (Å²) in [6.45, 7) is 3.72. The topological polar surface area (TPSA) is 41.5 Å². The largest absolute Gasteiger partial charge is 0.496 e. The molecule has 1 fully saturated rings. The fourth-order valence-corrected chi connectivity index (χ4v) is 2.48. The molecule has 0 bridgehead atoms. The quantitative estimate of drug-likeness (QED) is 0.831. The maximum absolute atomic E-state index is 10.3. The minimum Gasteiger partial charge on any atom is -0.496 e. The van der Waals surface area contributed by atoms with Crippen LogP contribution in [0.2, 0.25) is 0 Å². The summed E-state index contributed by atoms with van der Waals surface area (Å²) >= 11 is 0. The second kappa shape index (κ2) is 5.07. The van der Waals surface area contributed by atoms with Gasteiger partial charge < -0.3 is 15.2 Å². The molecule has 1 unspecified atom stereocenters. The highest BCUT2D eigenvalue weighted by atomic mass is 16.5. The molecule has 1 aliphatic rings. The van der Waals surface area contributed by atoms with Gasteiger partial charge in [-0.1, -0.05) is 19.1 Å². The van der Waals surface area contributed by atoms with Crippen LogP contribution in [0.3, 0.4) is 0 Å². The van der Waals surface area contributed by atoms with Crippen molar-refractivity contribution in [2.24, 2.45) is 0 Å². The zero-order valence-electron chi connectivity index (χ0n) is 10.6. The SMILES string of the molecule is CCc1cc(CC2(O)CCNC2)ccc1OC. The fraction of sp³-hybridized carbons (Fsp3) is 0.571. The molecule has 3 nitrogen and oxygen atoms in total. The Morgan fingerprint density at radius 3 is 2.88 bits per heavy atom. The van der Waals surface area contributed by atoms with Crippen molar-refractivity contribution < 1.29 is 9.84 Å². The van der Waals surface area contributed by atoms with Gasteiger partial charge >= 0.3 is 0 Å². The number of aryl methyl sites for hydroxylation is 1. The molecule has 1 aromatic rings. The van der Waals surface area contributed by atoms with E-state index in [0.717, 1.165) is 31.6 Å². The van der Waals surface area contributed by atoms with Gasteiger partial charge in [-0.25, -0.2) is 0 Å². The second-order valence-corrected chi connectivity index (χ2v) is 4.83. The number of β-amino-alcohol motifs (C(OH)–C–C–N with tert-alkyl or cyclic N) is 1. The summed E-state index contributed by atoms with van der Waals surface area (Å²) < 4.78 is 5.31. The first-order valence-electron chi connectivity index (χ1n) is 6.26. The van der Waals surface area contributed by atoms with E-state index in [-0.39, 0.29) is 0 Å². The fourth-order valence-electron chi connectivity index (χ4n) is 2.48. The first-order valence-corrected chi connectivity index (χ1v) is 6.26. The predicted octanol–water partition coefficient (Wildman–Crippen LogP) is 1.52. The lowest BCUT2D eigenvalue weighted by atomic mass is 9.92. The van der Waals surface area contributed by atoms with E-state index in [0.29, 0.717) is 6.54 Å². The number of methoxy groups -OCH3 is 1. The van der Waals surface area contributed by atoms with Crippen LogP contribution < -0.4 is 10.1 Å². The molecular weight excluding hydrogens is 214 g/mol. The number of hydrogen-bond donors (Lipinski definition) is 2. The zero-order chi connectivity index (χ0) is 12.3. The third kappa shape index (κ3) is 2.79. The summed E-state index contributed by atoms with van der Waals surface area (Å²) in [6.07, 6.45) is 2.51. The Morgan fingerprint density at radius 1 is 1.47 bits per heavy atom. The minimum absolute atomic E-state index is 0.570. The van der Waals surface area contributed by atoms with Gasteiger partial charge in [0.15, 0.2) is 0 Å². The molecule has 2 rings (SSSR count). The predicted molar refractivity (Wildman–Crippen MR) is 68.5 cm³/mol. The molecule has 2 N–H and O–H groups in total. The van der Waals surface area contributed by atoms with E-state index in [1.165, 1.54) is 11.1 Å². The van der Waals surface area contributed by atoms with E-state index in [1.54, 1.807) is 7.11 Å². The minimum atomic E-state index is -0.570. The molecule has 0 aliphatic carbocycles. The van der Waals surface area contributed by atoms with Gasteiger partial charge in [0.2, 0.25) is 0 Å². The van der Waals surface area contributed by atoms with Crippen LogP contribution in [0.1, 0.15) is 24.5 Å². The molecule has 0 saturated carbocycles. The smallest absolute Gasteiger partial charge is 0.122 e. The molecule has 0 radical (unpaired) electrons. The molecule has 0 amide bonds. The number of benzene rings is 1. The van der Waals surface area contributed by atoms with E-state index in [4.69, 9.17) is 4.74 Å². The average molecular weight is 235 g/mol. The van der Waals surface area contributed by atoms with Gasteiger partial charge in [-0.2, -0.15) is 0 Å². The summed E-state index contributed by atoms with van der Waals surface area (Å²) in [4.78, 5) is 0. The zero-order valence-corrected chi connectivity index (χ0v) is 10.6. The molecule has 1 heterocycles. The molecular formula is C14H21NO2. The molecule has 1 aromatic carbocycles. The molecule has 1 aliphatic heterocycles. The van der Waals surface area contributed by atoms with E-state index in [2.05, 4.69) is 18.3 Å². The van der Waals surface area contributed by atoms with E-state index < -0.39 is 5.60 Å². The Morgan fingerprint density at radius 2 is 2.29 bits per heavy atom. The lowest BCUT2D eigenvalue weighted by molar-refractivity contribution is 0.0618. The second-order valence-electron chi connectivity index (χ2n) is 4.83. The summed E-state index contributed by atoms with van der Waals surface area (Å²) in [5.74, 6) is 0.938. The van der Waals surface area contributed by atoms with Crippen LogP contribution in [0.15, 0.2) is 18.2 Å². The normalized spacial score (nSPS) is 23.9. The molecule has 1 atom stereocenters. The standard InChI is InChI=1S/C14H21NO2/c1-3-12-8-11(4-5-13(12)17-2)9-14(16)6-7-15-10-14/h4-5,8,15-16H,3,6-7,9-10H2,1-2H3. The number of ether oxygens (including phenoxy) is 1. The maximum atomic E-state index is 10.3. The average Bonchev–Trinajstić information content (AvgIpc) is 2.75. The number of rotatable bonds is 4. The van der Waals surface area contributed by atoms with Crippen molar-refractivity contribution in [3.05, 3.63) is 29.3 Å². The third-order valence-corrected chi connectivity index (χ3v) is 3.48. The van der Waals surface area contributed by atoms with E-state index >= 15 is 0 Å². The van der Waals surface area contributed by atoms with Crippen molar-refractivity contribution in [3.63, 3.8) is 0 Å². The van der Waals surface area contributed by atoms with Crippen molar-refractivity contribution >= 4 is 0 Å². The van der Waals surface area contributed by atoms with Gasteiger partial charge in [0.1, 0.15) is 5.75 Å². The van der Waals surface area contributed by atoms with Gasteiger partial charge in [0.25, 0.3) is 0 Å². The Balaban J connectivity index is 2.16. The molecule has 1 saturated heterocycles. The van der Waals surface area contributed by atoms with Crippen LogP contribution in [0.25, 0.3) is 0 Å². The van der Waals surface area contributed by atoms with Gasteiger partial charge in [-0.15, -0.1) is 0 Å². The molecule has 17 heavy (non-hydrogen) atoms. The maximum Gasteiger partial charge on any atom is 0.122 e. The van der Waals surface area contributed by atoms with Crippen LogP contribution in [-0.4, -0.2) is 30.9 Å². The highest BCUT2D eigenvalue weighted by Gasteiger charge is 2.31. The molecule has 0 aromatic heterocycles. The van der Waals surface area contributed by atoms with Crippen molar-refractivity contribution in [2.75, 3.05) is 20.2 Å². The highest BCUT2D eigenvalue weighted by molar-refractivity contribution is 5.37. The van der Waals surface area contributed by atoms with Crippen molar-refractivity contribution in [1.29, 1.82) is 0 Å². The van der Waals surface area contributed by atoms with Crippen molar-refractivity contribution in [2.45, 2.75) is 31.8 Å². The molecule has 3 heteroatoms. The van der Waals surface area contributed by atoms with Crippen LogP contribution in [0.5, 0.6) is 5.75 Å². The van der Waals surface area contributed by atoms with E-state index in [1.807, 2.05) is 12.1 Å². The Bertz CT molecular complexity index is 384. The number of nitrogens with one attached hydrogen (secondary N) is 1. The number of aliphatic hydroxyl groups is 1. The monoisotopic (exact) mass is 235 g/mol. The van der Waals surface area contributed by atoms with Crippen molar-refractivity contribution in [3.8, 4) is 5.75 Å².